The number of rotatable bonds is 5. The van der Waals surface area contributed by atoms with Gasteiger partial charge in [0.05, 0.1) is 5.56 Å². The van der Waals surface area contributed by atoms with E-state index in [9.17, 15) is 18.0 Å². The molecule has 0 fully saturated rings. The third-order valence-corrected chi connectivity index (χ3v) is 2.45. The summed E-state index contributed by atoms with van der Waals surface area (Å²) >= 11 is 0. The van der Waals surface area contributed by atoms with Crippen LogP contribution in [0.4, 0.5) is 13.2 Å². The van der Waals surface area contributed by atoms with Crippen molar-refractivity contribution in [2.45, 2.75) is 25.4 Å². The molecule has 0 saturated heterocycles. The molecule has 1 aromatic carbocycles. The van der Waals surface area contributed by atoms with E-state index in [4.69, 9.17) is 0 Å². The first-order valence-electron chi connectivity index (χ1n) is 5.25. The zero-order valence-electron chi connectivity index (χ0n) is 9.26. The fraction of sp³-hybridized carbons (Fsp3) is 0.308. The maximum atomic E-state index is 12.4. The van der Waals surface area contributed by atoms with E-state index in [-0.39, 0.29) is 5.56 Å². The SMILES string of the molecule is C=CCCCc1ccc(C(F)(F)F)cc1C=O. The van der Waals surface area contributed by atoms with Crippen LogP contribution in [-0.4, -0.2) is 6.29 Å². The van der Waals surface area contributed by atoms with Crippen LogP contribution >= 0.6 is 0 Å². The van der Waals surface area contributed by atoms with Crippen LogP contribution in [0.1, 0.15) is 34.3 Å². The zero-order chi connectivity index (χ0) is 12.9. The smallest absolute Gasteiger partial charge is 0.298 e. The predicted octanol–water partition coefficient (Wildman–Crippen LogP) is 4.03. The molecule has 0 amide bonds. The number of benzene rings is 1. The Balaban J connectivity index is 2.93. The monoisotopic (exact) mass is 242 g/mol. The molecular formula is C13H13F3O. The highest BCUT2D eigenvalue weighted by Gasteiger charge is 2.30. The first-order chi connectivity index (χ1) is 7.99. The number of carbonyl (C=O) groups excluding carboxylic acids is 1. The molecule has 0 bridgehead atoms. The van der Waals surface area contributed by atoms with Gasteiger partial charge in [0.1, 0.15) is 6.29 Å². The van der Waals surface area contributed by atoms with E-state index in [0.717, 1.165) is 25.0 Å². The lowest BCUT2D eigenvalue weighted by Crippen LogP contribution is -2.06. The van der Waals surface area contributed by atoms with Gasteiger partial charge >= 0.3 is 6.18 Å². The molecule has 17 heavy (non-hydrogen) atoms. The quantitative estimate of drug-likeness (QED) is 0.433. The van der Waals surface area contributed by atoms with Gasteiger partial charge in [-0.1, -0.05) is 12.1 Å². The maximum absolute atomic E-state index is 12.4. The summed E-state index contributed by atoms with van der Waals surface area (Å²) in [7, 11) is 0. The molecule has 4 heteroatoms. The second-order valence-corrected chi connectivity index (χ2v) is 3.71. The number of halogens is 3. The minimum absolute atomic E-state index is 0.115. The van der Waals surface area contributed by atoms with Gasteiger partial charge in [0.15, 0.2) is 0 Å². The highest BCUT2D eigenvalue weighted by molar-refractivity contribution is 5.77. The van der Waals surface area contributed by atoms with E-state index in [2.05, 4.69) is 6.58 Å². The summed E-state index contributed by atoms with van der Waals surface area (Å²) in [6, 6.07) is 3.28. The summed E-state index contributed by atoms with van der Waals surface area (Å²) in [4.78, 5) is 10.8. The lowest BCUT2D eigenvalue weighted by atomic mass is 10.00. The van der Waals surface area contributed by atoms with E-state index in [0.29, 0.717) is 18.3 Å². The van der Waals surface area contributed by atoms with Crippen LogP contribution in [0.5, 0.6) is 0 Å². The zero-order valence-corrected chi connectivity index (χ0v) is 9.26. The molecule has 0 saturated carbocycles. The summed E-state index contributed by atoms with van der Waals surface area (Å²) in [6.07, 6.45) is -0.0617. The highest BCUT2D eigenvalue weighted by Crippen LogP contribution is 2.30. The van der Waals surface area contributed by atoms with Crippen LogP contribution < -0.4 is 0 Å². The van der Waals surface area contributed by atoms with E-state index < -0.39 is 11.7 Å². The van der Waals surface area contributed by atoms with Gasteiger partial charge < -0.3 is 0 Å². The van der Waals surface area contributed by atoms with E-state index >= 15 is 0 Å². The number of hydrogen-bond donors (Lipinski definition) is 0. The number of unbranched alkanes of at least 4 members (excludes halogenated alkanes) is 1. The maximum Gasteiger partial charge on any atom is 0.416 e. The average molecular weight is 242 g/mol. The van der Waals surface area contributed by atoms with Gasteiger partial charge in [-0.25, -0.2) is 0 Å². The summed E-state index contributed by atoms with van der Waals surface area (Å²) in [6.45, 7) is 3.56. The van der Waals surface area contributed by atoms with Crippen molar-refractivity contribution in [3.63, 3.8) is 0 Å². The highest BCUT2D eigenvalue weighted by atomic mass is 19.4. The van der Waals surface area contributed by atoms with Crippen molar-refractivity contribution in [3.8, 4) is 0 Å². The van der Waals surface area contributed by atoms with Gasteiger partial charge in [-0.2, -0.15) is 13.2 Å². The Bertz CT molecular complexity index is 408. The third kappa shape index (κ3) is 3.73. The molecular weight excluding hydrogens is 229 g/mol. The molecule has 1 aromatic rings. The van der Waals surface area contributed by atoms with Gasteiger partial charge in [-0.3, -0.25) is 4.79 Å². The molecule has 0 aliphatic rings. The molecule has 0 aliphatic heterocycles. The number of allylic oxidation sites excluding steroid dienone is 1. The first kappa shape index (κ1) is 13.5. The summed E-state index contributed by atoms with van der Waals surface area (Å²) in [5, 5.41) is 0. The Hall–Kier alpha value is -1.58. The summed E-state index contributed by atoms with van der Waals surface area (Å²) in [5.74, 6) is 0. The Morgan fingerprint density at radius 3 is 2.53 bits per heavy atom. The number of aryl methyl sites for hydroxylation is 1. The largest absolute Gasteiger partial charge is 0.416 e. The van der Waals surface area contributed by atoms with Crippen LogP contribution in [0.3, 0.4) is 0 Å². The van der Waals surface area contributed by atoms with Gasteiger partial charge in [0.2, 0.25) is 0 Å². The molecule has 0 spiro atoms. The Labute approximate surface area is 98.0 Å². The van der Waals surface area contributed by atoms with E-state index in [1.54, 1.807) is 6.08 Å². The van der Waals surface area contributed by atoms with Crippen LogP contribution in [0, 0.1) is 0 Å². The van der Waals surface area contributed by atoms with Crippen molar-refractivity contribution >= 4 is 6.29 Å². The van der Waals surface area contributed by atoms with E-state index in [1.807, 2.05) is 0 Å². The van der Waals surface area contributed by atoms with E-state index in [1.165, 1.54) is 6.07 Å². The Morgan fingerprint density at radius 2 is 2.00 bits per heavy atom. The van der Waals surface area contributed by atoms with Crippen molar-refractivity contribution in [3.05, 3.63) is 47.5 Å². The van der Waals surface area contributed by atoms with Crippen molar-refractivity contribution in [2.24, 2.45) is 0 Å². The lowest BCUT2D eigenvalue weighted by molar-refractivity contribution is -0.137. The molecule has 0 unspecified atom stereocenters. The van der Waals surface area contributed by atoms with Crippen LogP contribution in [0.2, 0.25) is 0 Å². The average Bonchev–Trinajstić information content (AvgIpc) is 2.28. The number of alkyl halides is 3. The number of aldehydes is 1. The molecule has 0 N–H and O–H groups in total. The minimum Gasteiger partial charge on any atom is -0.298 e. The van der Waals surface area contributed by atoms with Crippen LogP contribution in [0.15, 0.2) is 30.9 Å². The van der Waals surface area contributed by atoms with Gasteiger partial charge in [-0.05, 0) is 37.0 Å². The van der Waals surface area contributed by atoms with Gasteiger partial charge in [-0.15, -0.1) is 6.58 Å². The molecule has 0 radical (unpaired) electrons. The van der Waals surface area contributed by atoms with Crippen molar-refractivity contribution in [1.82, 2.24) is 0 Å². The lowest BCUT2D eigenvalue weighted by Gasteiger charge is -2.10. The molecule has 1 nitrogen and oxygen atoms in total. The first-order valence-corrected chi connectivity index (χ1v) is 5.25. The molecule has 1 rings (SSSR count). The fourth-order valence-electron chi connectivity index (χ4n) is 1.55. The topological polar surface area (TPSA) is 17.1 Å². The molecule has 0 aromatic heterocycles. The fourth-order valence-corrected chi connectivity index (χ4v) is 1.55. The molecule has 0 heterocycles. The van der Waals surface area contributed by atoms with Gasteiger partial charge in [0, 0.05) is 5.56 Å². The number of hydrogen-bond acceptors (Lipinski definition) is 1. The minimum atomic E-state index is -4.41. The summed E-state index contributed by atoms with van der Waals surface area (Å²) in [5.41, 5.74) is -0.0224. The van der Waals surface area contributed by atoms with Crippen LogP contribution in [0.25, 0.3) is 0 Å². The third-order valence-electron chi connectivity index (χ3n) is 2.45. The second-order valence-electron chi connectivity index (χ2n) is 3.71. The standard InChI is InChI=1S/C13H13F3O/c1-2-3-4-5-10-6-7-12(13(14,15)16)8-11(10)9-17/h2,6-9H,1,3-5H2. The van der Waals surface area contributed by atoms with Crippen molar-refractivity contribution < 1.29 is 18.0 Å². The molecule has 92 valence electrons. The van der Waals surface area contributed by atoms with Crippen LogP contribution in [-0.2, 0) is 12.6 Å². The number of carbonyl (C=O) groups is 1. The van der Waals surface area contributed by atoms with Crippen molar-refractivity contribution in [2.75, 3.05) is 0 Å². The Morgan fingerprint density at radius 1 is 1.29 bits per heavy atom. The van der Waals surface area contributed by atoms with Crippen molar-refractivity contribution in [1.29, 1.82) is 0 Å². The Kier molecular flexibility index (Phi) is 4.49. The summed E-state index contributed by atoms with van der Waals surface area (Å²) < 4.78 is 37.2. The normalized spacial score (nSPS) is 11.2. The molecule has 0 aliphatic carbocycles. The van der Waals surface area contributed by atoms with Gasteiger partial charge in [0.25, 0.3) is 0 Å². The molecule has 0 atom stereocenters. The predicted molar refractivity (Wildman–Crippen MR) is 60.0 cm³/mol. The second kappa shape index (κ2) is 5.66.